The SMILES string of the molecule is N#Cc1cccc(NC(=O)Cn2cnc3sc4c(c3c2=O)CCCC4)c1. The summed E-state index contributed by atoms with van der Waals surface area (Å²) >= 11 is 1.59. The van der Waals surface area contributed by atoms with Crippen LogP contribution in [0.1, 0.15) is 28.8 Å². The molecule has 130 valence electrons. The van der Waals surface area contributed by atoms with Gasteiger partial charge in [0.25, 0.3) is 5.56 Å². The Morgan fingerprint density at radius 3 is 3.04 bits per heavy atom. The quantitative estimate of drug-likeness (QED) is 0.774. The fourth-order valence-corrected chi connectivity index (χ4v) is 4.54. The van der Waals surface area contributed by atoms with Crippen molar-refractivity contribution in [2.24, 2.45) is 0 Å². The van der Waals surface area contributed by atoms with Gasteiger partial charge in [-0.3, -0.25) is 14.2 Å². The van der Waals surface area contributed by atoms with Crippen LogP contribution in [0.3, 0.4) is 0 Å². The molecule has 0 bridgehead atoms. The molecule has 4 rings (SSSR count). The van der Waals surface area contributed by atoms with Crippen molar-refractivity contribution < 1.29 is 4.79 Å². The summed E-state index contributed by atoms with van der Waals surface area (Å²) in [5, 5.41) is 12.3. The lowest BCUT2D eigenvalue weighted by Crippen LogP contribution is -2.28. The number of benzene rings is 1. The fraction of sp³-hybridized carbons (Fsp3) is 0.263. The van der Waals surface area contributed by atoms with Crippen molar-refractivity contribution in [3.8, 4) is 6.07 Å². The Balaban J connectivity index is 1.61. The molecule has 0 saturated heterocycles. The first-order chi connectivity index (χ1) is 12.7. The van der Waals surface area contributed by atoms with Crippen LogP contribution in [0, 0.1) is 11.3 Å². The molecule has 3 aromatic rings. The van der Waals surface area contributed by atoms with Gasteiger partial charge < -0.3 is 5.32 Å². The lowest BCUT2D eigenvalue weighted by atomic mass is 9.97. The molecule has 2 aromatic heterocycles. The van der Waals surface area contributed by atoms with Crippen molar-refractivity contribution in [3.05, 3.63) is 57.0 Å². The van der Waals surface area contributed by atoms with Crippen molar-refractivity contribution in [3.63, 3.8) is 0 Å². The van der Waals surface area contributed by atoms with E-state index in [-0.39, 0.29) is 18.0 Å². The predicted molar refractivity (Wildman–Crippen MR) is 100 cm³/mol. The largest absolute Gasteiger partial charge is 0.324 e. The molecule has 1 amide bonds. The molecule has 2 heterocycles. The summed E-state index contributed by atoms with van der Waals surface area (Å²) < 4.78 is 1.35. The maximum atomic E-state index is 12.9. The van der Waals surface area contributed by atoms with E-state index in [0.29, 0.717) is 16.6 Å². The number of amides is 1. The zero-order valence-corrected chi connectivity index (χ0v) is 14.8. The zero-order valence-electron chi connectivity index (χ0n) is 14.0. The average Bonchev–Trinajstić information content (AvgIpc) is 3.03. The van der Waals surface area contributed by atoms with E-state index in [4.69, 9.17) is 5.26 Å². The molecule has 0 saturated carbocycles. The lowest BCUT2D eigenvalue weighted by Gasteiger charge is -2.10. The maximum absolute atomic E-state index is 12.9. The molecule has 0 aliphatic heterocycles. The third-order valence-corrected chi connectivity index (χ3v) is 5.73. The van der Waals surface area contributed by atoms with Gasteiger partial charge in [0.2, 0.25) is 5.91 Å². The highest BCUT2D eigenvalue weighted by Gasteiger charge is 2.20. The first-order valence-electron chi connectivity index (χ1n) is 8.45. The number of rotatable bonds is 3. The van der Waals surface area contributed by atoms with Crippen LogP contribution in [0.2, 0.25) is 0 Å². The maximum Gasteiger partial charge on any atom is 0.262 e. The Morgan fingerprint density at radius 2 is 2.19 bits per heavy atom. The van der Waals surface area contributed by atoms with Gasteiger partial charge in [-0.05, 0) is 49.4 Å². The average molecular weight is 364 g/mol. The third kappa shape index (κ3) is 3.00. The first kappa shape index (κ1) is 16.5. The smallest absolute Gasteiger partial charge is 0.262 e. The van der Waals surface area contributed by atoms with Crippen molar-refractivity contribution >= 4 is 33.1 Å². The Morgan fingerprint density at radius 1 is 1.35 bits per heavy atom. The van der Waals surface area contributed by atoms with Gasteiger partial charge in [-0.2, -0.15) is 5.26 Å². The van der Waals surface area contributed by atoms with Gasteiger partial charge in [0.05, 0.1) is 23.3 Å². The van der Waals surface area contributed by atoms with Crippen molar-refractivity contribution in [2.75, 3.05) is 5.32 Å². The summed E-state index contributed by atoms with van der Waals surface area (Å²) in [5.74, 6) is -0.326. The van der Waals surface area contributed by atoms with Crippen molar-refractivity contribution in [1.82, 2.24) is 9.55 Å². The molecule has 0 fully saturated rings. The number of nitrogens with zero attached hydrogens (tertiary/aromatic N) is 3. The number of thiophene rings is 1. The molecular formula is C19H16N4O2S. The van der Waals surface area contributed by atoms with E-state index < -0.39 is 0 Å². The fourth-order valence-electron chi connectivity index (χ4n) is 3.32. The molecule has 1 N–H and O–H groups in total. The topological polar surface area (TPSA) is 87.8 Å². The van der Waals surface area contributed by atoms with Gasteiger partial charge in [0.15, 0.2) is 0 Å². The molecule has 0 unspecified atom stereocenters. The van der Waals surface area contributed by atoms with E-state index in [2.05, 4.69) is 10.3 Å². The second-order valence-electron chi connectivity index (χ2n) is 6.31. The lowest BCUT2D eigenvalue weighted by molar-refractivity contribution is -0.116. The standard InChI is InChI=1S/C19H16N4O2S/c20-9-12-4-3-5-13(8-12)22-16(24)10-23-11-21-18-17(19(23)25)14-6-1-2-7-15(14)26-18/h3-5,8,11H,1-2,6-7,10H2,(H,22,24). The molecule has 0 spiro atoms. The van der Waals surface area contributed by atoms with Gasteiger partial charge in [0, 0.05) is 10.6 Å². The van der Waals surface area contributed by atoms with E-state index in [1.54, 1.807) is 35.6 Å². The molecule has 1 aliphatic carbocycles. The van der Waals surface area contributed by atoms with Crippen LogP contribution in [0.15, 0.2) is 35.4 Å². The normalized spacial score (nSPS) is 13.2. The van der Waals surface area contributed by atoms with E-state index in [9.17, 15) is 9.59 Å². The summed E-state index contributed by atoms with van der Waals surface area (Å²) in [4.78, 5) is 31.6. The summed E-state index contributed by atoms with van der Waals surface area (Å²) in [7, 11) is 0. The highest BCUT2D eigenvalue weighted by molar-refractivity contribution is 7.18. The Labute approximate surface area is 153 Å². The number of fused-ring (bicyclic) bond motifs is 3. The van der Waals surface area contributed by atoms with Crippen molar-refractivity contribution in [1.29, 1.82) is 5.26 Å². The minimum atomic E-state index is -0.326. The number of anilines is 1. The monoisotopic (exact) mass is 364 g/mol. The Bertz CT molecular complexity index is 1110. The summed E-state index contributed by atoms with van der Waals surface area (Å²) in [6, 6.07) is 8.70. The summed E-state index contributed by atoms with van der Waals surface area (Å²) in [5.41, 5.74) is 1.96. The molecular weight excluding hydrogens is 348 g/mol. The Kier molecular flexibility index (Phi) is 4.27. The number of aryl methyl sites for hydroxylation is 2. The number of nitriles is 1. The van der Waals surface area contributed by atoms with Crippen molar-refractivity contribution in [2.45, 2.75) is 32.2 Å². The number of carbonyl (C=O) groups excluding carboxylic acids is 1. The first-order valence-corrected chi connectivity index (χ1v) is 9.27. The number of aromatic nitrogens is 2. The van der Waals surface area contributed by atoms with E-state index >= 15 is 0 Å². The zero-order chi connectivity index (χ0) is 18.1. The van der Waals surface area contributed by atoms with Gasteiger partial charge >= 0.3 is 0 Å². The number of carbonyl (C=O) groups is 1. The predicted octanol–water partition coefficient (Wildman–Crippen LogP) is 2.85. The van der Waals surface area contributed by atoms with Crippen LogP contribution in [0.4, 0.5) is 5.69 Å². The molecule has 0 radical (unpaired) electrons. The summed E-state index contributed by atoms with van der Waals surface area (Å²) in [6.45, 7) is -0.108. The minimum Gasteiger partial charge on any atom is -0.324 e. The number of hydrogen-bond acceptors (Lipinski definition) is 5. The van der Waals surface area contributed by atoms with Crippen LogP contribution in [-0.2, 0) is 24.2 Å². The van der Waals surface area contributed by atoms with Gasteiger partial charge in [0.1, 0.15) is 11.4 Å². The van der Waals surface area contributed by atoms with Crippen LogP contribution in [0.25, 0.3) is 10.2 Å². The van der Waals surface area contributed by atoms with E-state index in [0.717, 1.165) is 36.1 Å². The molecule has 1 aromatic carbocycles. The highest BCUT2D eigenvalue weighted by atomic mass is 32.1. The van der Waals surface area contributed by atoms with Crippen LogP contribution in [0.5, 0.6) is 0 Å². The number of nitrogens with one attached hydrogen (secondary N) is 1. The molecule has 7 heteroatoms. The van der Waals surface area contributed by atoms with Gasteiger partial charge in [-0.1, -0.05) is 6.07 Å². The van der Waals surface area contributed by atoms with Gasteiger partial charge in [-0.15, -0.1) is 11.3 Å². The van der Waals surface area contributed by atoms with Crippen LogP contribution >= 0.6 is 11.3 Å². The molecule has 26 heavy (non-hydrogen) atoms. The minimum absolute atomic E-state index is 0.108. The van der Waals surface area contributed by atoms with E-state index in [1.165, 1.54) is 15.8 Å². The van der Waals surface area contributed by atoms with Crippen LogP contribution < -0.4 is 10.9 Å². The third-order valence-electron chi connectivity index (χ3n) is 4.53. The van der Waals surface area contributed by atoms with E-state index in [1.807, 2.05) is 6.07 Å². The molecule has 0 atom stereocenters. The van der Waals surface area contributed by atoms with Crippen LogP contribution in [-0.4, -0.2) is 15.5 Å². The summed E-state index contributed by atoms with van der Waals surface area (Å²) in [6.07, 6.45) is 5.59. The number of hydrogen-bond donors (Lipinski definition) is 1. The molecule has 6 nitrogen and oxygen atoms in total. The van der Waals surface area contributed by atoms with Gasteiger partial charge in [-0.25, -0.2) is 4.98 Å². The highest BCUT2D eigenvalue weighted by Crippen LogP contribution is 2.33. The molecule has 1 aliphatic rings. The Hall–Kier alpha value is -2.98. The second kappa shape index (κ2) is 6.73. The second-order valence-corrected chi connectivity index (χ2v) is 7.39.